The molecule has 0 atom stereocenters. The van der Waals surface area contributed by atoms with Gasteiger partial charge in [0.1, 0.15) is 11.5 Å². The molecule has 0 bridgehead atoms. The fourth-order valence-electron chi connectivity index (χ4n) is 10.2. The molecule has 72 heavy (non-hydrogen) atoms. The summed E-state index contributed by atoms with van der Waals surface area (Å²) < 4.78 is 0. The van der Waals surface area contributed by atoms with Crippen LogP contribution in [0.2, 0.25) is 0 Å². The molecule has 0 aliphatic heterocycles. The van der Waals surface area contributed by atoms with E-state index < -0.39 is 33.5 Å². The molecule has 368 valence electrons. The normalized spacial score (nSPS) is 15.1. The Morgan fingerprint density at radius 1 is 0.306 bits per heavy atom. The van der Waals surface area contributed by atoms with Gasteiger partial charge in [0.15, 0.2) is 0 Å². The summed E-state index contributed by atoms with van der Waals surface area (Å²) in [7, 11) is 0. The highest BCUT2D eigenvalue weighted by molar-refractivity contribution is 5.82. The number of fused-ring (bicyclic) bond motifs is 2. The Morgan fingerprint density at radius 3 is 0.653 bits per heavy atom. The fourth-order valence-corrected chi connectivity index (χ4v) is 10.2. The van der Waals surface area contributed by atoms with Crippen LogP contribution in [-0.4, -0.2) is 30.1 Å². The van der Waals surface area contributed by atoms with Crippen molar-refractivity contribution in [1.82, 2.24) is 19.9 Å². The van der Waals surface area contributed by atoms with Crippen LogP contribution in [0.3, 0.4) is 0 Å². The number of aromatic nitrogens is 4. The first kappa shape index (κ1) is 50.0. The molecule has 2 heterocycles. The van der Waals surface area contributed by atoms with Gasteiger partial charge in [0.05, 0.1) is 57.4 Å². The van der Waals surface area contributed by atoms with Crippen LogP contribution in [0.15, 0.2) is 121 Å². The highest BCUT2D eigenvalue weighted by atomic mass is 16.3. The van der Waals surface area contributed by atoms with E-state index in [1.165, 1.54) is 0 Å². The third-order valence-corrected chi connectivity index (χ3v) is 14.5. The minimum absolute atomic E-state index is 0.309. The lowest BCUT2D eigenvalue weighted by Crippen LogP contribution is -2.28. The van der Waals surface area contributed by atoms with Gasteiger partial charge in [-0.05, 0) is 82.7 Å². The van der Waals surface area contributed by atoms with Crippen LogP contribution in [0.1, 0.15) is 173 Å². The van der Waals surface area contributed by atoms with E-state index in [1.807, 2.05) is 0 Å². The van der Waals surface area contributed by atoms with E-state index in [4.69, 9.17) is 19.9 Å². The number of aromatic hydroxyl groups is 2. The quantitative estimate of drug-likeness (QED) is 0.173. The van der Waals surface area contributed by atoms with E-state index >= 15 is 0 Å². The van der Waals surface area contributed by atoms with E-state index in [0.29, 0.717) is 11.5 Å². The molecule has 0 spiro atoms. The summed E-state index contributed by atoms with van der Waals surface area (Å²) in [5.74, 6) is -0.516. The van der Waals surface area contributed by atoms with E-state index in [-0.39, 0.29) is 0 Å². The van der Waals surface area contributed by atoms with Crippen LogP contribution < -0.4 is 0 Å². The molecular weight excluding hydrogens is 881 g/mol. The number of phenols is 2. The summed E-state index contributed by atoms with van der Waals surface area (Å²) in [5, 5.41) is 24.6. The molecule has 8 aromatic rings. The Hall–Kier alpha value is -6.92. The van der Waals surface area contributed by atoms with E-state index in [0.717, 1.165) is 123 Å². The lowest BCUT2D eigenvalue weighted by molar-refractivity contribution is 0.421. The predicted octanol–water partition coefficient (Wildman–Crippen LogP) is 16.4. The average Bonchev–Trinajstić information content (AvgIpc) is 3.30. The number of phenolic OH excluding ortho intramolecular Hbond substituents is 2. The number of rotatable bonds is 6. The summed E-state index contributed by atoms with van der Waals surface area (Å²) in [5.41, 5.74) is 18.3. The number of nitrogens with zero attached hydrogens (tertiary/aromatic N) is 4. The molecule has 0 radical (unpaired) electrons. The average molecular weight is 953 g/mol. The van der Waals surface area contributed by atoms with Gasteiger partial charge in [0.2, 0.25) is 0 Å². The third kappa shape index (κ3) is 9.37. The first-order valence-electron chi connectivity index (χ1n) is 25.6. The van der Waals surface area contributed by atoms with Crippen molar-refractivity contribution in [2.45, 2.75) is 144 Å². The molecule has 6 heteroatoms. The molecule has 0 saturated carbocycles. The minimum atomic E-state index is -0.567. The van der Waals surface area contributed by atoms with Gasteiger partial charge in [-0.3, -0.25) is 0 Å². The van der Waals surface area contributed by atoms with Crippen LogP contribution in [0.5, 0.6) is 11.5 Å². The Balaban J connectivity index is 1.53. The minimum Gasteiger partial charge on any atom is -0.507 e. The molecule has 0 saturated heterocycles. The van der Waals surface area contributed by atoms with Crippen LogP contribution in [-0.2, 0) is 21.7 Å². The fraction of sp³-hybridized carbons (Fsp3) is 0.333. The summed E-state index contributed by atoms with van der Waals surface area (Å²) in [6.07, 6.45) is 0. The summed E-state index contributed by atoms with van der Waals surface area (Å²) in [6, 6.07) is 43.0. The van der Waals surface area contributed by atoms with Crippen molar-refractivity contribution in [2.24, 2.45) is 0 Å². The van der Waals surface area contributed by atoms with Crippen molar-refractivity contribution in [3.05, 3.63) is 200 Å². The molecule has 6 aromatic carbocycles. The predicted molar refractivity (Wildman–Crippen MR) is 298 cm³/mol. The van der Waals surface area contributed by atoms with Crippen molar-refractivity contribution < 1.29 is 10.2 Å². The molecule has 1 aliphatic rings. The zero-order valence-electron chi connectivity index (χ0n) is 45.4. The van der Waals surface area contributed by atoms with E-state index in [2.05, 4.69) is 232 Å². The van der Waals surface area contributed by atoms with Crippen LogP contribution in [0.25, 0.3) is 45.0 Å². The van der Waals surface area contributed by atoms with Gasteiger partial charge in [-0.25, -0.2) is 19.9 Å². The molecule has 1 aliphatic carbocycles. The lowest BCUT2D eigenvalue weighted by atomic mass is 9.71. The van der Waals surface area contributed by atoms with Gasteiger partial charge in [0.25, 0.3) is 0 Å². The summed E-state index contributed by atoms with van der Waals surface area (Å²) in [4.78, 5) is 23.9. The highest BCUT2D eigenvalue weighted by Gasteiger charge is 2.43. The first-order chi connectivity index (χ1) is 33.7. The molecule has 0 amide bonds. The van der Waals surface area contributed by atoms with Gasteiger partial charge >= 0.3 is 0 Å². The SMILES string of the molecule is Cc1ccc(-c2nc3c(nc2-c2ccc(C)cc2)C(c2cc(C(C)(C)C)c(O)c(C(C)(C)C)c2)c2nc(-c4ccc(C)cc4)c(-c4ccc(C)cc4)nc2C3c2cc(C(C)(C)C)c(O)c(C(C)(C)C)c2)cc1. The van der Waals surface area contributed by atoms with Gasteiger partial charge in [-0.1, -0.05) is 227 Å². The third-order valence-electron chi connectivity index (χ3n) is 14.5. The smallest absolute Gasteiger partial charge is 0.123 e. The van der Waals surface area contributed by atoms with Gasteiger partial charge < -0.3 is 10.2 Å². The van der Waals surface area contributed by atoms with Crippen molar-refractivity contribution >= 4 is 0 Å². The Kier molecular flexibility index (Phi) is 12.5. The molecule has 0 fully saturated rings. The van der Waals surface area contributed by atoms with Crippen molar-refractivity contribution in [3.8, 4) is 56.5 Å². The second kappa shape index (κ2) is 18.0. The second-order valence-corrected chi connectivity index (χ2v) is 24.6. The standard InChI is InChI=1S/C66H72N4O2/c1-37-17-25-41(26-18-37)53-54(42-27-19-38(2)20-28-42)68-58-52(46-35-49(65(11,12)13)62(72)50(36-46)66(14,15)16)60-59(51(57(58)67-53)45-33-47(63(5,6)7)61(71)48(34-45)64(8,9)10)69-55(43-29-21-39(3)22-30-43)56(70-60)44-31-23-40(4)24-32-44/h17-36,51-52,71-72H,1-16H3. The Labute approximate surface area is 428 Å². The molecule has 2 aromatic heterocycles. The molecule has 2 N–H and O–H groups in total. The highest BCUT2D eigenvalue weighted by Crippen LogP contribution is 2.53. The van der Waals surface area contributed by atoms with Gasteiger partial charge in [-0.2, -0.15) is 0 Å². The van der Waals surface area contributed by atoms with Crippen LogP contribution in [0, 0.1) is 27.7 Å². The number of hydrogen-bond acceptors (Lipinski definition) is 6. The van der Waals surface area contributed by atoms with Crippen LogP contribution in [0.4, 0.5) is 0 Å². The molecule has 0 unspecified atom stereocenters. The maximum Gasteiger partial charge on any atom is 0.123 e. The van der Waals surface area contributed by atoms with E-state index in [1.54, 1.807) is 0 Å². The Bertz CT molecular complexity index is 2910. The lowest BCUT2D eigenvalue weighted by Gasteiger charge is -2.36. The van der Waals surface area contributed by atoms with Gasteiger partial charge in [-0.15, -0.1) is 0 Å². The maximum atomic E-state index is 12.3. The molecule has 9 rings (SSSR count). The van der Waals surface area contributed by atoms with Crippen molar-refractivity contribution in [2.75, 3.05) is 0 Å². The zero-order chi connectivity index (χ0) is 52.0. The second-order valence-electron chi connectivity index (χ2n) is 24.6. The number of hydrogen-bond donors (Lipinski definition) is 2. The topological polar surface area (TPSA) is 92.0 Å². The van der Waals surface area contributed by atoms with E-state index in [9.17, 15) is 10.2 Å². The zero-order valence-corrected chi connectivity index (χ0v) is 45.4. The summed E-state index contributed by atoms with van der Waals surface area (Å²) >= 11 is 0. The molecule has 6 nitrogen and oxygen atoms in total. The van der Waals surface area contributed by atoms with Crippen LogP contribution >= 0.6 is 0 Å². The van der Waals surface area contributed by atoms with Crippen molar-refractivity contribution in [3.63, 3.8) is 0 Å². The van der Waals surface area contributed by atoms with Gasteiger partial charge in [0, 0.05) is 22.3 Å². The first-order valence-corrected chi connectivity index (χ1v) is 25.6. The maximum absolute atomic E-state index is 12.3. The number of aryl methyl sites for hydroxylation is 4. The molecular formula is C66H72N4O2. The van der Waals surface area contributed by atoms with Crippen molar-refractivity contribution in [1.29, 1.82) is 0 Å². The monoisotopic (exact) mass is 953 g/mol. The Morgan fingerprint density at radius 2 is 0.486 bits per heavy atom. The largest absolute Gasteiger partial charge is 0.507 e. The number of benzene rings is 6. The summed E-state index contributed by atoms with van der Waals surface area (Å²) in [6.45, 7) is 34.4.